The van der Waals surface area contributed by atoms with Crippen molar-refractivity contribution in [2.75, 3.05) is 19.8 Å². The van der Waals surface area contributed by atoms with Crippen LogP contribution >= 0.6 is 11.3 Å². The molecular weight excluding hydrogens is 282 g/mol. The van der Waals surface area contributed by atoms with E-state index in [4.69, 9.17) is 4.74 Å². The molecule has 1 fully saturated rings. The van der Waals surface area contributed by atoms with Crippen LogP contribution in [0.25, 0.3) is 11.3 Å². The summed E-state index contributed by atoms with van der Waals surface area (Å²) in [5, 5.41) is 5.87. The summed E-state index contributed by atoms with van der Waals surface area (Å²) in [6.07, 6.45) is 0. The maximum Gasteiger partial charge on any atom is 0.133 e. The molecule has 0 aliphatic carbocycles. The Hall–Kier alpha value is -1.37. The molecule has 3 rings (SSSR count). The van der Waals surface area contributed by atoms with Crippen molar-refractivity contribution in [2.45, 2.75) is 13.0 Å². The number of rotatable bonds is 2. The van der Waals surface area contributed by atoms with Crippen LogP contribution in [0.1, 0.15) is 16.6 Å². The van der Waals surface area contributed by atoms with Gasteiger partial charge in [-0.15, -0.1) is 11.3 Å². The van der Waals surface area contributed by atoms with Crippen molar-refractivity contribution in [1.82, 2.24) is 10.3 Å². The maximum absolute atomic E-state index is 13.9. The predicted molar refractivity (Wildman–Crippen MR) is 73.8 cm³/mol. The average molecular weight is 296 g/mol. The Morgan fingerprint density at radius 2 is 2.20 bits per heavy atom. The number of benzene rings is 1. The molecule has 106 valence electrons. The Morgan fingerprint density at radius 1 is 1.35 bits per heavy atom. The highest BCUT2D eigenvalue weighted by Crippen LogP contribution is 2.29. The van der Waals surface area contributed by atoms with E-state index in [1.54, 1.807) is 5.38 Å². The number of morpholine rings is 1. The molecule has 0 radical (unpaired) electrons. The van der Waals surface area contributed by atoms with Crippen molar-refractivity contribution >= 4 is 11.3 Å². The molecule has 0 saturated carbocycles. The Morgan fingerprint density at radius 3 is 2.95 bits per heavy atom. The van der Waals surface area contributed by atoms with Gasteiger partial charge in [-0.25, -0.2) is 13.8 Å². The summed E-state index contributed by atoms with van der Waals surface area (Å²) in [4.78, 5) is 4.41. The lowest BCUT2D eigenvalue weighted by atomic mass is 10.1. The molecule has 0 bridgehead atoms. The van der Waals surface area contributed by atoms with E-state index in [0.29, 0.717) is 24.5 Å². The second-order valence-electron chi connectivity index (χ2n) is 4.73. The van der Waals surface area contributed by atoms with Crippen LogP contribution in [-0.4, -0.2) is 24.7 Å². The van der Waals surface area contributed by atoms with Crippen molar-refractivity contribution in [1.29, 1.82) is 0 Å². The van der Waals surface area contributed by atoms with Crippen LogP contribution < -0.4 is 5.32 Å². The highest BCUT2D eigenvalue weighted by atomic mass is 32.1. The summed E-state index contributed by atoms with van der Waals surface area (Å²) in [5.41, 5.74) is 0.963. The predicted octanol–water partition coefficient (Wildman–Crippen LogP) is 3.06. The van der Waals surface area contributed by atoms with Crippen LogP contribution in [0.2, 0.25) is 0 Å². The molecule has 1 aromatic heterocycles. The molecule has 1 aromatic carbocycles. The minimum absolute atomic E-state index is 0.0286. The first-order chi connectivity index (χ1) is 9.65. The van der Waals surface area contributed by atoms with Gasteiger partial charge in [-0.05, 0) is 24.6 Å². The fourth-order valence-corrected chi connectivity index (χ4v) is 3.02. The standard InChI is InChI=1S/C14H14F2N2OS/c1-8-4-11(16)9(5-10(8)15)13-7-20-14(18-13)12-6-19-3-2-17-12/h4-5,7,12,17H,2-3,6H2,1H3. The Labute approximate surface area is 119 Å². The quantitative estimate of drug-likeness (QED) is 0.925. The second kappa shape index (κ2) is 5.55. The second-order valence-corrected chi connectivity index (χ2v) is 5.62. The molecule has 0 spiro atoms. The zero-order valence-electron chi connectivity index (χ0n) is 11.0. The fraction of sp³-hybridized carbons (Fsp3) is 0.357. The smallest absolute Gasteiger partial charge is 0.133 e. The van der Waals surface area contributed by atoms with Gasteiger partial charge in [0.25, 0.3) is 0 Å². The van der Waals surface area contributed by atoms with Crippen LogP contribution in [0.3, 0.4) is 0 Å². The summed E-state index contributed by atoms with van der Waals surface area (Å²) in [7, 11) is 0. The SMILES string of the molecule is Cc1cc(F)c(-c2csc(C3COCCN3)n2)cc1F. The third-order valence-corrected chi connectivity index (χ3v) is 4.22. The molecule has 1 N–H and O–H groups in total. The molecule has 0 amide bonds. The molecule has 1 aliphatic rings. The van der Waals surface area contributed by atoms with Crippen LogP contribution in [0.4, 0.5) is 8.78 Å². The first-order valence-electron chi connectivity index (χ1n) is 6.37. The Balaban J connectivity index is 1.91. The number of hydrogen-bond donors (Lipinski definition) is 1. The van der Waals surface area contributed by atoms with Gasteiger partial charge < -0.3 is 10.1 Å². The molecule has 6 heteroatoms. The highest BCUT2D eigenvalue weighted by molar-refractivity contribution is 7.10. The number of aromatic nitrogens is 1. The van der Waals surface area contributed by atoms with Gasteiger partial charge in [-0.1, -0.05) is 0 Å². The Kier molecular flexibility index (Phi) is 3.78. The summed E-state index contributed by atoms with van der Waals surface area (Å²) in [6.45, 7) is 3.55. The number of thiazole rings is 1. The van der Waals surface area contributed by atoms with E-state index >= 15 is 0 Å². The lowest BCUT2D eigenvalue weighted by Gasteiger charge is -2.21. The van der Waals surface area contributed by atoms with Gasteiger partial charge in [0.2, 0.25) is 0 Å². The van der Waals surface area contributed by atoms with Gasteiger partial charge in [-0.3, -0.25) is 0 Å². The number of nitrogens with zero attached hydrogens (tertiary/aromatic N) is 1. The largest absolute Gasteiger partial charge is 0.378 e. The molecule has 1 atom stereocenters. The highest BCUT2D eigenvalue weighted by Gasteiger charge is 2.20. The van der Waals surface area contributed by atoms with E-state index < -0.39 is 11.6 Å². The molecule has 1 saturated heterocycles. The molecule has 1 aliphatic heterocycles. The van der Waals surface area contributed by atoms with Crippen LogP contribution in [0, 0.1) is 18.6 Å². The number of nitrogens with one attached hydrogen (secondary N) is 1. The number of hydrogen-bond acceptors (Lipinski definition) is 4. The number of ether oxygens (including phenoxy) is 1. The molecular formula is C14H14F2N2OS. The summed E-state index contributed by atoms with van der Waals surface area (Å²) >= 11 is 1.43. The van der Waals surface area contributed by atoms with E-state index in [9.17, 15) is 8.78 Å². The third-order valence-electron chi connectivity index (χ3n) is 3.27. The minimum atomic E-state index is -0.450. The normalized spacial score (nSPS) is 19.2. The van der Waals surface area contributed by atoms with Crippen LogP contribution in [-0.2, 0) is 4.74 Å². The molecule has 1 unspecified atom stereocenters. The zero-order valence-corrected chi connectivity index (χ0v) is 11.8. The minimum Gasteiger partial charge on any atom is -0.378 e. The monoisotopic (exact) mass is 296 g/mol. The molecule has 20 heavy (non-hydrogen) atoms. The maximum atomic E-state index is 13.9. The molecule has 2 aromatic rings. The van der Waals surface area contributed by atoms with Gasteiger partial charge in [0.05, 0.1) is 24.9 Å². The van der Waals surface area contributed by atoms with Gasteiger partial charge in [0, 0.05) is 17.5 Å². The van der Waals surface area contributed by atoms with Crippen molar-refractivity contribution < 1.29 is 13.5 Å². The van der Waals surface area contributed by atoms with Crippen LogP contribution in [0.15, 0.2) is 17.5 Å². The van der Waals surface area contributed by atoms with E-state index in [1.165, 1.54) is 30.4 Å². The van der Waals surface area contributed by atoms with Crippen molar-refractivity contribution in [3.63, 3.8) is 0 Å². The van der Waals surface area contributed by atoms with Crippen LogP contribution in [0.5, 0.6) is 0 Å². The van der Waals surface area contributed by atoms with Crippen molar-refractivity contribution in [3.05, 3.63) is 39.7 Å². The lowest BCUT2D eigenvalue weighted by molar-refractivity contribution is 0.0768. The molecule has 3 nitrogen and oxygen atoms in total. The van der Waals surface area contributed by atoms with E-state index in [1.807, 2.05) is 0 Å². The van der Waals surface area contributed by atoms with Crippen molar-refractivity contribution in [2.24, 2.45) is 0 Å². The third kappa shape index (κ3) is 2.59. The van der Waals surface area contributed by atoms with Gasteiger partial charge >= 0.3 is 0 Å². The molecule has 2 heterocycles. The van der Waals surface area contributed by atoms with Gasteiger partial charge in [0.15, 0.2) is 0 Å². The summed E-state index contributed by atoms with van der Waals surface area (Å²) in [6, 6.07) is 2.43. The van der Waals surface area contributed by atoms with E-state index in [0.717, 1.165) is 11.6 Å². The first-order valence-corrected chi connectivity index (χ1v) is 7.25. The summed E-state index contributed by atoms with van der Waals surface area (Å²) in [5.74, 6) is -0.872. The van der Waals surface area contributed by atoms with Gasteiger partial charge in [0.1, 0.15) is 16.6 Å². The van der Waals surface area contributed by atoms with E-state index in [2.05, 4.69) is 10.3 Å². The number of halogens is 2. The number of aryl methyl sites for hydroxylation is 1. The summed E-state index contributed by atoms with van der Waals surface area (Å²) < 4.78 is 32.9. The Bertz CT molecular complexity index is 624. The van der Waals surface area contributed by atoms with Gasteiger partial charge in [-0.2, -0.15) is 0 Å². The average Bonchev–Trinajstić information content (AvgIpc) is 2.93. The van der Waals surface area contributed by atoms with Crippen molar-refractivity contribution in [3.8, 4) is 11.3 Å². The van der Waals surface area contributed by atoms with E-state index in [-0.39, 0.29) is 11.6 Å². The fourth-order valence-electron chi connectivity index (χ4n) is 2.14. The lowest BCUT2D eigenvalue weighted by Crippen LogP contribution is -2.34. The first kappa shape index (κ1) is 13.6. The topological polar surface area (TPSA) is 34.1 Å². The zero-order chi connectivity index (χ0) is 14.1.